The average molecular weight is 402 g/mol. The lowest BCUT2D eigenvalue weighted by atomic mass is 10.0. The fourth-order valence-electron chi connectivity index (χ4n) is 3.40. The summed E-state index contributed by atoms with van der Waals surface area (Å²) in [5.41, 5.74) is 2.17. The highest BCUT2D eigenvalue weighted by Crippen LogP contribution is 2.30. The SMILES string of the molecule is CCn1nc(-c2ccc(F)cc2)c(C(C)=O)c(Nc2cccc3ncccc23)c1=O. The molecule has 2 aromatic carbocycles. The number of rotatable bonds is 5. The molecule has 2 aromatic heterocycles. The Morgan fingerprint density at radius 1 is 1.10 bits per heavy atom. The lowest BCUT2D eigenvalue weighted by Crippen LogP contribution is -2.28. The van der Waals surface area contributed by atoms with Crippen LogP contribution in [0.3, 0.4) is 0 Å². The quantitative estimate of drug-likeness (QED) is 0.495. The first-order chi connectivity index (χ1) is 14.5. The summed E-state index contributed by atoms with van der Waals surface area (Å²) in [6.45, 7) is 3.49. The van der Waals surface area contributed by atoms with Gasteiger partial charge in [0, 0.05) is 29.4 Å². The molecule has 2 heterocycles. The Labute approximate surface area is 172 Å². The van der Waals surface area contributed by atoms with E-state index in [1.807, 2.05) is 24.3 Å². The number of halogens is 1. The molecule has 6 nitrogen and oxygen atoms in total. The van der Waals surface area contributed by atoms with E-state index in [1.165, 1.54) is 23.7 Å². The summed E-state index contributed by atoms with van der Waals surface area (Å²) in [5.74, 6) is -0.711. The van der Waals surface area contributed by atoms with Crippen molar-refractivity contribution in [2.45, 2.75) is 20.4 Å². The number of Topliss-reactive ketones (excluding diaryl/α,β-unsaturated/α-hetero) is 1. The van der Waals surface area contributed by atoms with Gasteiger partial charge in [0.15, 0.2) is 5.78 Å². The van der Waals surface area contributed by atoms with Crippen LogP contribution in [0, 0.1) is 5.82 Å². The maximum atomic E-state index is 13.4. The zero-order valence-electron chi connectivity index (χ0n) is 16.5. The van der Waals surface area contributed by atoms with Gasteiger partial charge in [-0.25, -0.2) is 9.07 Å². The first-order valence-electron chi connectivity index (χ1n) is 9.52. The van der Waals surface area contributed by atoms with E-state index in [4.69, 9.17) is 0 Å². The molecule has 0 saturated carbocycles. The fraction of sp³-hybridized carbons (Fsp3) is 0.130. The van der Waals surface area contributed by atoms with Gasteiger partial charge < -0.3 is 5.32 Å². The van der Waals surface area contributed by atoms with Crippen LogP contribution < -0.4 is 10.9 Å². The predicted octanol–water partition coefficient (Wildman–Crippen LogP) is 4.56. The second-order valence-corrected chi connectivity index (χ2v) is 6.78. The second kappa shape index (κ2) is 7.87. The minimum atomic E-state index is -0.408. The summed E-state index contributed by atoms with van der Waals surface area (Å²) in [5, 5.41) is 8.35. The van der Waals surface area contributed by atoms with E-state index in [-0.39, 0.29) is 17.0 Å². The third kappa shape index (κ3) is 3.45. The summed E-state index contributed by atoms with van der Waals surface area (Å²) < 4.78 is 14.7. The highest BCUT2D eigenvalue weighted by atomic mass is 19.1. The molecule has 0 aliphatic carbocycles. The number of ketones is 1. The minimum absolute atomic E-state index is 0.134. The Morgan fingerprint density at radius 3 is 2.57 bits per heavy atom. The Hall–Kier alpha value is -3.87. The summed E-state index contributed by atoms with van der Waals surface area (Å²) in [6, 6.07) is 14.9. The van der Waals surface area contributed by atoms with Crippen LogP contribution in [0.5, 0.6) is 0 Å². The van der Waals surface area contributed by atoms with Crippen molar-refractivity contribution in [1.82, 2.24) is 14.8 Å². The van der Waals surface area contributed by atoms with E-state index in [0.29, 0.717) is 23.5 Å². The first-order valence-corrected chi connectivity index (χ1v) is 9.52. The summed E-state index contributed by atoms with van der Waals surface area (Å²) >= 11 is 0. The zero-order chi connectivity index (χ0) is 21.3. The molecule has 0 atom stereocenters. The molecule has 0 spiro atoms. The van der Waals surface area contributed by atoms with Crippen LogP contribution >= 0.6 is 0 Å². The maximum Gasteiger partial charge on any atom is 0.291 e. The smallest absolute Gasteiger partial charge is 0.291 e. The highest BCUT2D eigenvalue weighted by Gasteiger charge is 2.22. The van der Waals surface area contributed by atoms with Crippen LogP contribution in [-0.4, -0.2) is 20.5 Å². The molecule has 0 bridgehead atoms. The van der Waals surface area contributed by atoms with Crippen molar-refractivity contribution in [1.29, 1.82) is 0 Å². The summed E-state index contributed by atoms with van der Waals surface area (Å²) in [6.07, 6.45) is 1.69. The number of pyridine rings is 1. The van der Waals surface area contributed by atoms with Crippen molar-refractivity contribution in [3.8, 4) is 11.3 Å². The van der Waals surface area contributed by atoms with Crippen molar-refractivity contribution < 1.29 is 9.18 Å². The molecular weight excluding hydrogens is 383 g/mol. The summed E-state index contributed by atoms with van der Waals surface area (Å²) in [4.78, 5) is 30.1. The Kier molecular flexibility index (Phi) is 5.10. The van der Waals surface area contributed by atoms with Gasteiger partial charge in [0.25, 0.3) is 5.56 Å². The largest absolute Gasteiger partial charge is 0.350 e. The molecule has 4 rings (SSSR count). The monoisotopic (exact) mass is 402 g/mol. The minimum Gasteiger partial charge on any atom is -0.350 e. The van der Waals surface area contributed by atoms with Crippen molar-refractivity contribution in [2.75, 3.05) is 5.32 Å². The molecule has 0 saturated heterocycles. The maximum absolute atomic E-state index is 13.4. The molecule has 7 heteroatoms. The molecule has 30 heavy (non-hydrogen) atoms. The van der Waals surface area contributed by atoms with Crippen molar-refractivity contribution in [3.63, 3.8) is 0 Å². The number of hydrogen-bond acceptors (Lipinski definition) is 5. The van der Waals surface area contributed by atoms with Crippen molar-refractivity contribution in [2.24, 2.45) is 0 Å². The Morgan fingerprint density at radius 2 is 1.87 bits per heavy atom. The van der Waals surface area contributed by atoms with Gasteiger partial charge in [-0.2, -0.15) is 5.10 Å². The normalized spacial score (nSPS) is 10.9. The zero-order valence-corrected chi connectivity index (χ0v) is 16.5. The van der Waals surface area contributed by atoms with Crippen LogP contribution in [0.1, 0.15) is 24.2 Å². The number of nitrogens with one attached hydrogen (secondary N) is 1. The number of carbonyl (C=O) groups excluding carboxylic acids is 1. The third-order valence-corrected chi connectivity index (χ3v) is 4.83. The molecule has 0 aliphatic heterocycles. The standard InChI is InChI=1S/C23H19FN4O2/c1-3-28-23(30)22(26-19-8-4-7-18-17(19)6-5-13-25-18)20(14(2)29)21(27-28)15-9-11-16(24)12-10-15/h4-13,26H,3H2,1-2H3. The van der Waals surface area contributed by atoms with E-state index < -0.39 is 11.4 Å². The predicted molar refractivity (Wildman–Crippen MR) is 115 cm³/mol. The molecule has 0 unspecified atom stereocenters. The van der Waals surface area contributed by atoms with Crippen molar-refractivity contribution >= 4 is 28.1 Å². The number of carbonyl (C=O) groups is 1. The second-order valence-electron chi connectivity index (χ2n) is 6.78. The Bertz CT molecular complexity index is 1310. The first kappa shape index (κ1) is 19.4. The number of hydrogen-bond donors (Lipinski definition) is 1. The lowest BCUT2D eigenvalue weighted by Gasteiger charge is -2.17. The van der Waals surface area contributed by atoms with Gasteiger partial charge in [-0.15, -0.1) is 0 Å². The van der Waals surface area contributed by atoms with Crippen LogP contribution in [0.4, 0.5) is 15.8 Å². The van der Waals surface area contributed by atoms with E-state index in [2.05, 4.69) is 15.4 Å². The Balaban J connectivity index is 1.98. The van der Waals surface area contributed by atoms with Gasteiger partial charge in [0.2, 0.25) is 0 Å². The molecule has 0 aliphatic rings. The van der Waals surface area contributed by atoms with Gasteiger partial charge >= 0.3 is 0 Å². The van der Waals surface area contributed by atoms with Gasteiger partial charge in [0.05, 0.1) is 11.1 Å². The van der Waals surface area contributed by atoms with E-state index >= 15 is 0 Å². The van der Waals surface area contributed by atoms with Crippen LogP contribution in [-0.2, 0) is 6.54 Å². The number of anilines is 2. The van der Waals surface area contributed by atoms with Crippen molar-refractivity contribution in [3.05, 3.63) is 82.5 Å². The van der Waals surface area contributed by atoms with Gasteiger partial charge in [-0.3, -0.25) is 14.6 Å². The lowest BCUT2D eigenvalue weighted by molar-refractivity contribution is 0.101. The topological polar surface area (TPSA) is 76.9 Å². The van der Waals surface area contributed by atoms with Gasteiger partial charge in [-0.05, 0) is 62.4 Å². The highest BCUT2D eigenvalue weighted by molar-refractivity contribution is 6.06. The summed E-state index contributed by atoms with van der Waals surface area (Å²) in [7, 11) is 0. The van der Waals surface area contributed by atoms with Gasteiger partial charge in [-0.1, -0.05) is 6.07 Å². The van der Waals surface area contributed by atoms with Gasteiger partial charge in [0.1, 0.15) is 17.2 Å². The number of aryl methyl sites for hydroxylation is 1. The number of nitrogens with zero attached hydrogens (tertiary/aromatic N) is 3. The molecule has 4 aromatic rings. The van der Waals surface area contributed by atoms with Crippen LogP contribution in [0.2, 0.25) is 0 Å². The molecule has 150 valence electrons. The number of aromatic nitrogens is 3. The third-order valence-electron chi connectivity index (χ3n) is 4.83. The molecule has 0 radical (unpaired) electrons. The van der Waals surface area contributed by atoms with Crippen LogP contribution in [0.15, 0.2) is 65.6 Å². The number of fused-ring (bicyclic) bond motifs is 1. The fourth-order valence-corrected chi connectivity index (χ4v) is 3.40. The molecular formula is C23H19FN4O2. The van der Waals surface area contributed by atoms with E-state index in [1.54, 1.807) is 31.3 Å². The molecule has 1 N–H and O–H groups in total. The number of benzene rings is 2. The van der Waals surface area contributed by atoms with Crippen LogP contribution in [0.25, 0.3) is 22.2 Å². The molecule has 0 amide bonds. The van der Waals surface area contributed by atoms with E-state index in [0.717, 1.165) is 10.9 Å². The molecule has 0 fully saturated rings. The van der Waals surface area contributed by atoms with E-state index in [9.17, 15) is 14.0 Å². The average Bonchev–Trinajstić information content (AvgIpc) is 2.75.